The molecule has 132 valence electrons. The molecular weight excluding hydrogens is 390 g/mol. The second-order valence-electron chi connectivity index (χ2n) is 6.70. The molecule has 0 fully saturated rings. The average molecular weight is 410 g/mol. The van der Waals surface area contributed by atoms with E-state index >= 15 is 0 Å². The molecule has 4 nitrogen and oxygen atoms in total. The number of nitrogens with one attached hydrogen (secondary N) is 2. The second kappa shape index (κ2) is 7.35. The largest absolute Gasteiger partial charge is 0.323 e. The Bertz CT molecular complexity index is 912. The van der Waals surface area contributed by atoms with Gasteiger partial charge in [0.05, 0.1) is 17.3 Å². The maximum atomic E-state index is 12.6. The standard InChI is InChI=1S/C21H20BrN3O/c1-3-21(2)12-14-6-4-5-7-17(14)19(18(21)13-23)25-20(26)24-16-10-8-15(22)9-11-16/h4-11H,3,12H2,1-2H3,(H2,24,25,26)/t21-/m1/s1. The summed E-state index contributed by atoms with van der Waals surface area (Å²) in [6.45, 7) is 4.15. The van der Waals surface area contributed by atoms with Crippen LogP contribution < -0.4 is 10.6 Å². The highest BCUT2D eigenvalue weighted by atomic mass is 79.9. The minimum Gasteiger partial charge on any atom is -0.308 e. The van der Waals surface area contributed by atoms with Crippen molar-refractivity contribution in [1.82, 2.24) is 5.32 Å². The molecule has 2 aromatic rings. The van der Waals surface area contributed by atoms with Gasteiger partial charge in [-0.3, -0.25) is 0 Å². The number of hydrogen-bond acceptors (Lipinski definition) is 2. The van der Waals surface area contributed by atoms with Crippen LogP contribution in [-0.2, 0) is 6.42 Å². The van der Waals surface area contributed by atoms with E-state index in [1.54, 1.807) is 0 Å². The summed E-state index contributed by atoms with van der Waals surface area (Å²) in [4.78, 5) is 12.6. The lowest BCUT2D eigenvalue weighted by atomic mass is 9.69. The SMILES string of the molecule is CC[C@]1(C)Cc2ccccc2C(NC(=O)Nc2ccc(Br)cc2)=C1C#N. The first kappa shape index (κ1) is 18.2. The molecule has 0 saturated heterocycles. The highest BCUT2D eigenvalue weighted by molar-refractivity contribution is 9.10. The number of benzene rings is 2. The van der Waals surface area contributed by atoms with Gasteiger partial charge in [0.15, 0.2) is 0 Å². The first-order valence-corrected chi connectivity index (χ1v) is 9.33. The summed E-state index contributed by atoms with van der Waals surface area (Å²) in [5.41, 5.74) is 3.70. The maximum Gasteiger partial charge on any atom is 0.323 e. The summed E-state index contributed by atoms with van der Waals surface area (Å²) in [5.74, 6) is 0. The predicted molar refractivity (Wildman–Crippen MR) is 107 cm³/mol. The molecule has 0 heterocycles. The van der Waals surface area contributed by atoms with E-state index in [4.69, 9.17) is 0 Å². The Morgan fingerprint density at radius 1 is 1.19 bits per heavy atom. The van der Waals surface area contributed by atoms with Crippen molar-refractivity contribution in [1.29, 1.82) is 5.26 Å². The topological polar surface area (TPSA) is 64.9 Å². The van der Waals surface area contributed by atoms with E-state index in [9.17, 15) is 10.1 Å². The lowest BCUT2D eigenvalue weighted by molar-refractivity contribution is 0.255. The van der Waals surface area contributed by atoms with Crippen LogP contribution in [0.25, 0.3) is 5.70 Å². The number of rotatable bonds is 3. The van der Waals surface area contributed by atoms with Crippen molar-refractivity contribution in [3.05, 3.63) is 69.7 Å². The summed E-state index contributed by atoms with van der Waals surface area (Å²) in [7, 11) is 0. The molecule has 0 bridgehead atoms. The first-order chi connectivity index (χ1) is 12.5. The summed E-state index contributed by atoms with van der Waals surface area (Å²) in [6.07, 6.45) is 1.62. The second-order valence-corrected chi connectivity index (χ2v) is 7.61. The summed E-state index contributed by atoms with van der Waals surface area (Å²) < 4.78 is 0.942. The third-order valence-corrected chi connectivity index (χ3v) is 5.48. The Balaban J connectivity index is 1.95. The molecule has 0 unspecified atom stereocenters. The van der Waals surface area contributed by atoms with E-state index in [1.165, 1.54) is 0 Å². The normalized spacial score (nSPS) is 18.7. The molecule has 0 aromatic heterocycles. The number of allylic oxidation sites excluding steroid dienone is 1. The number of fused-ring (bicyclic) bond motifs is 1. The van der Waals surface area contributed by atoms with Gasteiger partial charge in [0.1, 0.15) is 0 Å². The number of urea groups is 1. The number of halogens is 1. The van der Waals surface area contributed by atoms with E-state index in [1.807, 2.05) is 42.5 Å². The Hall–Kier alpha value is -2.58. The Labute approximate surface area is 162 Å². The number of amides is 2. The number of carbonyl (C=O) groups is 1. The zero-order valence-corrected chi connectivity index (χ0v) is 16.4. The lowest BCUT2D eigenvalue weighted by Gasteiger charge is -2.35. The number of carbonyl (C=O) groups excluding carboxylic acids is 1. The van der Waals surface area contributed by atoms with Gasteiger partial charge in [-0.15, -0.1) is 0 Å². The van der Waals surface area contributed by atoms with Gasteiger partial charge >= 0.3 is 6.03 Å². The molecule has 1 aliphatic carbocycles. The van der Waals surface area contributed by atoms with E-state index in [2.05, 4.69) is 52.5 Å². The van der Waals surface area contributed by atoms with Crippen LogP contribution >= 0.6 is 15.9 Å². The van der Waals surface area contributed by atoms with Crippen LogP contribution in [0.5, 0.6) is 0 Å². The monoisotopic (exact) mass is 409 g/mol. The van der Waals surface area contributed by atoms with E-state index in [0.29, 0.717) is 17.0 Å². The van der Waals surface area contributed by atoms with Crippen LogP contribution in [0.1, 0.15) is 31.4 Å². The number of anilines is 1. The fourth-order valence-electron chi connectivity index (χ4n) is 3.30. The summed E-state index contributed by atoms with van der Waals surface area (Å²) in [5, 5.41) is 15.5. The molecular formula is C21H20BrN3O. The van der Waals surface area contributed by atoms with Crippen molar-refractivity contribution in [2.24, 2.45) is 5.41 Å². The summed E-state index contributed by atoms with van der Waals surface area (Å²) >= 11 is 3.38. The van der Waals surface area contributed by atoms with Crippen LogP contribution in [0.3, 0.4) is 0 Å². The molecule has 0 saturated carbocycles. The average Bonchev–Trinajstić information content (AvgIpc) is 2.63. The van der Waals surface area contributed by atoms with Crippen molar-refractivity contribution >= 4 is 33.3 Å². The highest BCUT2D eigenvalue weighted by Crippen LogP contribution is 2.43. The molecule has 26 heavy (non-hydrogen) atoms. The molecule has 2 N–H and O–H groups in total. The van der Waals surface area contributed by atoms with Gasteiger partial charge in [-0.1, -0.05) is 54.0 Å². The molecule has 0 radical (unpaired) electrons. The van der Waals surface area contributed by atoms with E-state index in [-0.39, 0.29) is 11.4 Å². The number of nitriles is 1. The number of hydrogen-bond donors (Lipinski definition) is 2. The van der Waals surface area contributed by atoms with Crippen LogP contribution in [0.4, 0.5) is 10.5 Å². The van der Waals surface area contributed by atoms with Crippen LogP contribution in [-0.4, -0.2) is 6.03 Å². The lowest BCUT2D eigenvalue weighted by Crippen LogP contribution is -2.35. The molecule has 0 aliphatic heterocycles. The summed E-state index contributed by atoms with van der Waals surface area (Å²) in [6, 6.07) is 17.3. The van der Waals surface area contributed by atoms with Crippen molar-refractivity contribution in [3.63, 3.8) is 0 Å². The van der Waals surface area contributed by atoms with Crippen molar-refractivity contribution in [3.8, 4) is 6.07 Å². The van der Waals surface area contributed by atoms with Gasteiger partial charge in [0.25, 0.3) is 0 Å². The van der Waals surface area contributed by atoms with Gasteiger partial charge in [-0.2, -0.15) is 5.26 Å². The van der Waals surface area contributed by atoms with Crippen molar-refractivity contribution in [2.45, 2.75) is 26.7 Å². The van der Waals surface area contributed by atoms with E-state index in [0.717, 1.165) is 28.4 Å². The highest BCUT2D eigenvalue weighted by Gasteiger charge is 2.36. The van der Waals surface area contributed by atoms with E-state index < -0.39 is 0 Å². The minimum atomic E-state index is -0.356. The molecule has 1 atom stereocenters. The van der Waals surface area contributed by atoms with Crippen molar-refractivity contribution in [2.75, 3.05) is 5.32 Å². The molecule has 1 aliphatic rings. The van der Waals surface area contributed by atoms with Gasteiger partial charge in [-0.25, -0.2) is 4.79 Å². The fourth-order valence-corrected chi connectivity index (χ4v) is 3.56. The Morgan fingerprint density at radius 3 is 2.54 bits per heavy atom. The minimum absolute atomic E-state index is 0.288. The molecule has 5 heteroatoms. The third kappa shape index (κ3) is 3.51. The Kier molecular flexibility index (Phi) is 5.15. The molecule has 2 amide bonds. The van der Waals surface area contributed by atoms with Crippen LogP contribution in [0.2, 0.25) is 0 Å². The third-order valence-electron chi connectivity index (χ3n) is 4.95. The maximum absolute atomic E-state index is 12.6. The zero-order valence-electron chi connectivity index (χ0n) is 14.8. The smallest absolute Gasteiger partial charge is 0.308 e. The van der Waals surface area contributed by atoms with Gasteiger partial charge < -0.3 is 10.6 Å². The molecule has 2 aromatic carbocycles. The molecule has 0 spiro atoms. The molecule has 3 rings (SSSR count). The van der Waals surface area contributed by atoms with Gasteiger partial charge in [0, 0.05) is 21.1 Å². The zero-order chi connectivity index (χ0) is 18.7. The Morgan fingerprint density at radius 2 is 1.88 bits per heavy atom. The first-order valence-electron chi connectivity index (χ1n) is 8.53. The predicted octanol–water partition coefficient (Wildman–Crippen LogP) is 5.48. The number of nitrogens with zero attached hydrogens (tertiary/aromatic N) is 1. The van der Waals surface area contributed by atoms with Gasteiger partial charge in [-0.05, 0) is 42.7 Å². The van der Waals surface area contributed by atoms with Crippen LogP contribution in [0, 0.1) is 16.7 Å². The fraction of sp³-hybridized carbons (Fsp3) is 0.238. The van der Waals surface area contributed by atoms with Crippen LogP contribution in [0.15, 0.2) is 58.6 Å². The quantitative estimate of drug-likeness (QED) is 0.704. The van der Waals surface area contributed by atoms with Gasteiger partial charge in [0.2, 0.25) is 0 Å². The van der Waals surface area contributed by atoms with Crippen molar-refractivity contribution < 1.29 is 4.79 Å².